The summed E-state index contributed by atoms with van der Waals surface area (Å²) in [4.78, 5) is 3.94. The molecule has 1 unspecified atom stereocenters. The van der Waals surface area contributed by atoms with Gasteiger partial charge in [-0.15, -0.1) is 0 Å². The SMILES string of the molecule is Cc1ccc(NCC(O)c2ccncc2)cc1C. The average molecular weight is 242 g/mol. The fourth-order valence-electron chi connectivity index (χ4n) is 1.77. The van der Waals surface area contributed by atoms with Crippen LogP contribution in [0.25, 0.3) is 0 Å². The van der Waals surface area contributed by atoms with Gasteiger partial charge in [-0.25, -0.2) is 0 Å². The van der Waals surface area contributed by atoms with Crippen LogP contribution in [0.4, 0.5) is 5.69 Å². The van der Waals surface area contributed by atoms with Crippen LogP contribution in [0.3, 0.4) is 0 Å². The number of aromatic nitrogens is 1. The van der Waals surface area contributed by atoms with Crippen LogP contribution in [-0.2, 0) is 0 Å². The summed E-state index contributed by atoms with van der Waals surface area (Å²) in [5, 5.41) is 13.3. The molecule has 1 atom stereocenters. The molecule has 1 aromatic carbocycles. The van der Waals surface area contributed by atoms with Crippen molar-refractivity contribution in [2.75, 3.05) is 11.9 Å². The summed E-state index contributed by atoms with van der Waals surface area (Å²) < 4.78 is 0. The second kappa shape index (κ2) is 5.65. The van der Waals surface area contributed by atoms with Gasteiger partial charge in [0, 0.05) is 24.6 Å². The third-order valence-corrected chi connectivity index (χ3v) is 3.10. The molecule has 0 amide bonds. The lowest BCUT2D eigenvalue weighted by atomic mass is 10.1. The van der Waals surface area contributed by atoms with Gasteiger partial charge in [0.25, 0.3) is 0 Å². The zero-order chi connectivity index (χ0) is 13.0. The molecule has 3 nitrogen and oxygen atoms in total. The highest BCUT2D eigenvalue weighted by molar-refractivity contribution is 5.48. The Morgan fingerprint density at radius 2 is 1.83 bits per heavy atom. The van der Waals surface area contributed by atoms with E-state index in [1.165, 1.54) is 11.1 Å². The number of benzene rings is 1. The van der Waals surface area contributed by atoms with E-state index in [0.29, 0.717) is 6.54 Å². The van der Waals surface area contributed by atoms with Crippen LogP contribution in [0.2, 0.25) is 0 Å². The molecule has 18 heavy (non-hydrogen) atoms. The molecular weight excluding hydrogens is 224 g/mol. The molecule has 2 rings (SSSR count). The van der Waals surface area contributed by atoms with Gasteiger partial charge in [-0.1, -0.05) is 6.07 Å². The number of aryl methyl sites for hydroxylation is 2. The number of pyridine rings is 1. The summed E-state index contributed by atoms with van der Waals surface area (Å²) in [5.74, 6) is 0. The second-order valence-electron chi connectivity index (χ2n) is 4.48. The van der Waals surface area contributed by atoms with Crippen LogP contribution < -0.4 is 5.32 Å². The summed E-state index contributed by atoms with van der Waals surface area (Å²) >= 11 is 0. The van der Waals surface area contributed by atoms with Gasteiger partial charge in [-0.05, 0) is 54.8 Å². The zero-order valence-electron chi connectivity index (χ0n) is 10.7. The van der Waals surface area contributed by atoms with Gasteiger partial charge in [-0.3, -0.25) is 4.98 Å². The van der Waals surface area contributed by atoms with Crippen molar-refractivity contribution in [2.24, 2.45) is 0 Å². The molecule has 2 N–H and O–H groups in total. The Morgan fingerprint density at radius 3 is 2.50 bits per heavy atom. The summed E-state index contributed by atoms with van der Waals surface area (Å²) in [7, 11) is 0. The minimum Gasteiger partial charge on any atom is -0.387 e. The average Bonchev–Trinajstić information content (AvgIpc) is 2.41. The Balaban J connectivity index is 1.97. The van der Waals surface area contributed by atoms with Crippen molar-refractivity contribution < 1.29 is 5.11 Å². The van der Waals surface area contributed by atoms with E-state index in [4.69, 9.17) is 0 Å². The van der Waals surface area contributed by atoms with Crippen molar-refractivity contribution in [3.63, 3.8) is 0 Å². The molecule has 1 heterocycles. The van der Waals surface area contributed by atoms with Crippen molar-refractivity contribution in [1.29, 1.82) is 0 Å². The van der Waals surface area contributed by atoms with Gasteiger partial charge in [0.2, 0.25) is 0 Å². The number of hydrogen-bond acceptors (Lipinski definition) is 3. The van der Waals surface area contributed by atoms with E-state index in [-0.39, 0.29) is 0 Å². The van der Waals surface area contributed by atoms with Gasteiger partial charge < -0.3 is 10.4 Å². The molecule has 0 fully saturated rings. The number of aliphatic hydroxyl groups is 1. The number of nitrogens with one attached hydrogen (secondary N) is 1. The molecule has 94 valence electrons. The van der Waals surface area contributed by atoms with Crippen molar-refractivity contribution in [2.45, 2.75) is 20.0 Å². The zero-order valence-corrected chi connectivity index (χ0v) is 10.7. The Morgan fingerprint density at radius 1 is 1.11 bits per heavy atom. The third-order valence-electron chi connectivity index (χ3n) is 3.10. The Bertz CT molecular complexity index is 511. The molecule has 0 aliphatic carbocycles. The number of aliphatic hydroxyl groups excluding tert-OH is 1. The van der Waals surface area contributed by atoms with Crippen molar-refractivity contribution in [1.82, 2.24) is 4.98 Å². The summed E-state index contributed by atoms with van der Waals surface area (Å²) in [5.41, 5.74) is 4.43. The Hall–Kier alpha value is -1.87. The highest BCUT2D eigenvalue weighted by Crippen LogP contribution is 2.16. The molecule has 2 aromatic rings. The summed E-state index contributed by atoms with van der Waals surface area (Å²) in [6.45, 7) is 4.66. The maximum Gasteiger partial charge on any atom is 0.0963 e. The maximum absolute atomic E-state index is 10.0. The van der Waals surface area contributed by atoms with Gasteiger partial charge in [0.1, 0.15) is 0 Å². The summed E-state index contributed by atoms with van der Waals surface area (Å²) in [6, 6.07) is 9.85. The molecule has 1 aromatic heterocycles. The molecule has 0 aliphatic heterocycles. The van der Waals surface area contributed by atoms with Crippen LogP contribution in [0.15, 0.2) is 42.7 Å². The van der Waals surface area contributed by atoms with Gasteiger partial charge in [0.05, 0.1) is 6.10 Å². The largest absolute Gasteiger partial charge is 0.387 e. The minimum atomic E-state index is -0.519. The van der Waals surface area contributed by atoms with E-state index in [1.807, 2.05) is 18.2 Å². The van der Waals surface area contributed by atoms with Crippen LogP contribution in [0, 0.1) is 13.8 Å². The second-order valence-corrected chi connectivity index (χ2v) is 4.48. The minimum absolute atomic E-state index is 0.493. The van der Waals surface area contributed by atoms with Crippen molar-refractivity contribution in [3.8, 4) is 0 Å². The Labute approximate surface area is 108 Å². The number of hydrogen-bond donors (Lipinski definition) is 2. The van der Waals surface area contributed by atoms with Crippen LogP contribution in [0.1, 0.15) is 22.8 Å². The van der Waals surface area contributed by atoms with Crippen LogP contribution >= 0.6 is 0 Å². The predicted molar refractivity (Wildman–Crippen MR) is 73.6 cm³/mol. The maximum atomic E-state index is 10.0. The molecule has 0 spiro atoms. The first-order chi connectivity index (χ1) is 8.66. The molecule has 0 aliphatic rings. The number of nitrogens with zero attached hydrogens (tertiary/aromatic N) is 1. The van der Waals surface area contributed by atoms with Gasteiger partial charge >= 0.3 is 0 Å². The first kappa shape index (κ1) is 12.6. The van der Waals surface area contributed by atoms with Crippen LogP contribution in [-0.4, -0.2) is 16.6 Å². The Kier molecular flexibility index (Phi) is 3.95. The molecule has 0 radical (unpaired) electrons. The van der Waals surface area contributed by atoms with E-state index < -0.39 is 6.10 Å². The number of anilines is 1. The van der Waals surface area contributed by atoms with E-state index in [0.717, 1.165) is 11.3 Å². The summed E-state index contributed by atoms with van der Waals surface area (Å²) in [6.07, 6.45) is 2.86. The third kappa shape index (κ3) is 3.08. The lowest BCUT2D eigenvalue weighted by molar-refractivity contribution is 0.191. The molecule has 0 saturated carbocycles. The first-order valence-electron chi connectivity index (χ1n) is 6.06. The molecule has 0 bridgehead atoms. The van der Waals surface area contributed by atoms with E-state index in [9.17, 15) is 5.11 Å². The monoisotopic (exact) mass is 242 g/mol. The predicted octanol–water partition coefficient (Wildman–Crippen LogP) is 2.84. The normalized spacial score (nSPS) is 12.2. The lowest BCUT2D eigenvalue weighted by Gasteiger charge is -2.13. The van der Waals surface area contributed by atoms with Crippen molar-refractivity contribution >= 4 is 5.69 Å². The highest BCUT2D eigenvalue weighted by Gasteiger charge is 2.06. The highest BCUT2D eigenvalue weighted by atomic mass is 16.3. The molecule has 3 heteroatoms. The fourth-order valence-corrected chi connectivity index (χ4v) is 1.77. The molecule has 0 saturated heterocycles. The smallest absolute Gasteiger partial charge is 0.0963 e. The van der Waals surface area contributed by atoms with E-state index in [2.05, 4.69) is 36.3 Å². The number of rotatable bonds is 4. The van der Waals surface area contributed by atoms with Gasteiger partial charge in [0.15, 0.2) is 0 Å². The topological polar surface area (TPSA) is 45.1 Å². The first-order valence-corrected chi connectivity index (χ1v) is 6.06. The standard InChI is InChI=1S/C15H18N2O/c1-11-3-4-14(9-12(11)2)17-10-15(18)13-5-7-16-8-6-13/h3-9,15,17-18H,10H2,1-2H3. The van der Waals surface area contributed by atoms with Crippen LogP contribution in [0.5, 0.6) is 0 Å². The quantitative estimate of drug-likeness (QED) is 0.866. The van der Waals surface area contributed by atoms with Crippen molar-refractivity contribution in [3.05, 3.63) is 59.4 Å². The lowest BCUT2D eigenvalue weighted by Crippen LogP contribution is -2.12. The van der Waals surface area contributed by atoms with E-state index in [1.54, 1.807) is 12.4 Å². The molecular formula is C15H18N2O. The fraction of sp³-hybridized carbons (Fsp3) is 0.267. The van der Waals surface area contributed by atoms with Gasteiger partial charge in [-0.2, -0.15) is 0 Å². The van der Waals surface area contributed by atoms with E-state index >= 15 is 0 Å².